The quantitative estimate of drug-likeness (QED) is 0.927. The number of rotatable bonds is 4. The Morgan fingerprint density at radius 3 is 2.40 bits per heavy atom. The van der Waals surface area contributed by atoms with Crippen LogP contribution in [0.2, 0.25) is 4.34 Å². The maximum Gasteiger partial charge on any atom is 0.226 e. The molecule has 1 N–H and O–H groups in total. The Morgan fingerprint density at radius 1 is 1.25 bits per heavy atom. The number of nitrogens with zero attached hydrogens (tertiary/aromatic N) is 1. The monoisotopic (exact) mass is 330 g/mol. The van der Waals surface area contributed by atoms with Gasteiger partial charge in [0.25, 0.3) is 0 Å². The van der Waals surface area contributed by atoms with Gasteiger partial charge in [-0.1, -0.05) is 40.6 Å². The van der Waals surface area contributed by atoms with Crippen molar-refractivity contribution in [3.63, 3.8) is 0 Å². The highest BCUT2D eigenvalue weighted by molar-refractivity contribution is 7.91. The van der Waals surface area contributed by atoms with Crippen LogP contribution >= 0.6 is 22.9 Å². The van der Waals surface area contributed by atoms with Crippen LogP contribution in [0.5, 0.6) is 0 Å². The Labute approximate surface area is 127 Å². The summed E-state index contributed by atoms with van der Waals surface area (Å²) in [6.45, 7) is 5.80. The summed E-state index contributed by atoms with van der Waals surface area (Å²) >= 11 is 7.16. The standard InChI is InChI=1S/C13H15ClN2O2S2/c1-8(2)15-13-16-12(11(14)19-13)20(17,18)10-6-4-9(3)5-7-10/h4-8H,1-3H3,(H,15,16). The molecule has 0 amide bonds. The lowest BCUT2D eigenvalue weighted by molar-refractivity contribution is 0.593. The fraction of sp³-hybridized carbons (Fsp3) is 0.308. The highest BCUT2D eigenvalue weighted by atomic mass is 35.5. The van der Waals surface area contributed by atoms with Crippen LogP contribution in [0.15, 0.2) is 34.2 Å². The van der Waals surface area contributed by atoms with Gasteiger partial charge in [0.2, 0.25) is 9.84 Å². The number of nitrogens with one attached hydrogen (secondary N) is 1. The Morgan fingerprint density at radius 2 is 1.85 bits per heavy atom. The molecule has 1 heterocycles. The van der Waals surface area contributed by atoms with E-state index in [1.54, 1.807) is 24.3 Å². The molecular weight excluding hydrogens is 316 g/mol. The average molecular weight is 331 g/mol. The normalized spacial score (nSPS) is 11.8. The van der Waals surface area contributed by atoms with Crippen molar-refractivity contribution in [2.45, 2.75) is 36.7 Å². The zero-order valence-electron chi connectivity index (χ0n) is 11.3. The molecular formula is C13H15ClN2O2S2. The summed E-state index contributed by atoms with van der Waals surface area (Å²) < 4.78 is 25.2. The lowest BCUT2D eigenvalue weighted by atomic mass is 10.2. The fourth-order valence-electron chi connectivity index (χ4n) is 1.59. The molecule has 0 aliphatic carbocycles. The number of anilines is 1. The molecule has 1 aromatic carbocycles. The first-order valence-corrected chi connectivity index (χ1v) is 8.73. The van der Waals surface area contributed by atoms with E-state index in [1.165, 1.54) is 0 Å². The van der Waals surface area contributed by atoms with Crippen LogP contribution in [0.1, 0.15) is 19.4 Å². The summed E-state index contributed by atoms with van der Waals surface area (Å²) in [5.74, 6) is 0. The predicted octanol–water partition coefficient (Wildman–Crippen LogP) is 3.76. The molecule has 0 atom stereocenters. The summed E-state index contributed by atoms with van der Waals surface area (Å²) in [5, 5.41) is 3.48. The molecule has 0 unspecified atom stereocenters. The summed E-state index contributed by atoms with van der Waals surface area (Å²) in [6, 6.07) is 6.79. The Hall–Kier alpha value is -1.11. The van der Waals surface area contributed by atoms with Crippen molar-refractivity contribution >= 4 is 37.9 Å². The Kier molecular flexibility index (Phi) is 4.36. The highest BCUT2D eigenvalue weighted by Gasteiger charge is 2.25. The minimum Gasteiger partial charge on any atom is -0.359 e. The topological polar surface area (TPSA) is 59.1 Å². The number of hydrogen-bond donors (Lipinski definition) is 1. The Balaban J connectivity index is 2.44. The molecule has 0 saturated heterocycles. The van der Waals surface area contributed by atoms with Gasteiger partial charge in [0.15, 0.2) is 10.2 Å². The summed E-state index contributed by atoms with van der Waals surface area (Å²) in [4.78, 5) is 4.31. The third-order valence-corrected chi connectivity index (χ3v) is 5.68. The van der Waals surface area contributed by atoms with Crippen molar-refractivity contribution < 1.29 is 8.42 Å². The summed E-state index contributed by atoms with van der Waals surface area (Å²) in [6.07, 6.45) is 0. The summed E-state index contributed by atoms with van der Waals surface area (Å²) in [5.41, 5.74) is 0.996. The second kappa shape index (κ2) is 5.71. The van der Waals surface area contributed by atoms with Gasteiger partial charge in [-0.2, -0.15) is 0 Å². The van der Waals surface area contributed by atoms with Crippen molar-refractivity contribution in [2.24, 2.45) is 0 Å². The molecule has 0 bridgehead atoms. The van der Waals surface area contributed by atoms with E-state index in [2.05, 4.69) is 10.3 Å². The molecule has 7 heteroatoms. The second-order valence-corrected chi connectivity index (χ2v) is 8.18. The number of aromatic nitrogens is 1. The maximum atomic E-state index is 12.5. The SMILES string of the molecule is Cc1ccc(S(=O)(=O)c2nc(NC(C)C)sc2Cl)cc1. The Bertz CT molecular complexity index is 706. The van der Waals surface area contributed by atoms with Gasteiger partial charge >= 0.3 is 0 Å². The smallest absolute Gasteiger partial charge is 0.226 e. The second-order valence-electron chi connectivity index (χ2n) is 4.71. The van der Waals surface area contributed by atoms with E-state index in [0.717, 1.165) is 16.9 Å². The van der Waals surface area contributed by atoms with Crippen molar-refractivity contribution in [1.29, 1.82) is 0 Å². The first kappa shape index (κ1) is 15.3. The van der Waals surface area contributed by atoms with Crippen LogP contribution < -0.4 is 5.32 Å². The molecule has 4 nitrogen and oxygen atoms in total. The lowest BCUT2D eigenvalue weighted by Gasteiger charge is -2.04. The number of halogens is 1. The van der Waals surface area contributed by atoms with Gasteiger partial charge in [-0.05, 0) is 32.9 Å². The molecule has 0 saturated carbocycles. The van der Waals surface area contributed by atoms with Gasteiger partial charge in [0.1, 0.15) is 4.34 Å². The third-order valence-electron chi connectivity index (χ3n) is 2.56. The van der Waals surface area contributed by atoms with Crippen LogP contribution in [0.25, 0.3) is 0 Å². The van der Waals surface area contributed by atoms with Crippen LogP contribution in [-0.4, -0.2) is 19.4 Å². The van der Waals surface area contributed by atoms with E-state index < -0.39 is 9.84 Å². The first-order chi connectivity index (χ1) is 9.30. The molecule has 1 aromatic heterocycles. The van der Waals surface area contributed by atoms with Gasteiger partial charge in [-0.25, -0.2) is 13.4 Å². The zero-order valence-corrected chi connectivity index (χ0v) is 13.7. The minimum absolute atomic E-state index is 0.0869. The lowest BCUT2D eigenvalue weighted by Crippen LogP contribution is -2.10. The van der Waals surface area contributed by atoms with Crippen LogP contribution in [0.3, 0.4) is 0 Å². The van der Waals surface area contributed by atoms with Crippen molar-refractivity contribution in [1.82, 2.24) is 4.98 Å². The number of aryl methyl sites for hydroxylation is 1. The molecule has 0 aliphatic heterocycles. The van der Waals surface area contributed by atoms with Crippen molar-refractivity contribution in [2.75, 3.05) is 5.32 Å². The number of hydrogen-bond acceptors (Lipinski definition) is 5. The maximum absolute atomic E-state index is 12.5. The molecule has 20 heavy (non-hydrogen) atoms. The third kappa shape index (κ3) is 3.13. The molecule has 2 aromatic rings. The van der Waals surface area contributed by atoms with Gasteiger partial charge in [-0.3, -0.25) is 0 Å². The minimum atomic E-state index is -3.67. The average Bonchev–Trinajstić information content (AvgIpc) is 2.70. The van der Waals surface area contributed by atoms with E-state index in [9.17, 15) is 8.42 Å². The highest BCUT2D eigenvalue weighted by Crippen LogP contribution is 2.34. The van der Waals surface area contributed by atoms with Crippen molar-refractivity contribution in [3.8, 4) is 0 Å². The van der Waals surface area contributed by atoms with E-state index in [-0.39, 0.29) is 20.3 Å². The van der Waals surface area contributed by atoms with Crippen molar-refractivity contribution in [3.05, 3.63) is 34.2 Å². The molecule has 108 valence electrons. The first-order valence-electron chi connectivity index (χ1n) is 6.05. The number of benzene rings is 1. The number of sulfone groups is 1. The van der Waals surface area contributed by atoms with Gasteiger partial charge in [-0.15, -0.1) is 0 Å². The predicted molar refractivity (Wildman–Crippen MR) is 82.5 cm³/mol. The van der Waals surface area contributed by atoms with E-state index in [0.29, 0.717) is 5.13 Å². The fourth-order valence-corrected chi connectivity index (χ4v) is 4.54. The molecule has 0 spiro atoms. The molecule has 0 fully saturated rings. The molecule has 0 radical (unpaired) electrons. The van der Waals surface area contributed by atoms with E-state index in [4.69, 9.17) is 11.6 Å². The van der Waals surface area contributed by atoms with Gasteiger partial charge in [0, 0.05) is 6.04 Å². The largest absolute Gasteiger partial charge is 0.359 e. The van der Waals surface area contributed by atoms with Gasteiger partial charge in [0.05, 0.1) is 4.90 Å². The zero-order chi connectivity index (χ0) is 14.9. The van der Waals surface area contributed by atoms with E-state index >= 15 is 0 Å². The van der Waals surface area contributed by atoms with Gasteiger partial charge < -0.3 is 5.32 Å². The van der Waals surface area contributed by atoms with Crippen LogP contribution in [0.4, 0.5) is 5.13 Å². The molecule has 2 rings (SSSR count). The number of thiazole rings is 1. The summed E-state index contributed by atoms with van der Waals surface area (Å²) in [7, 11) is -3.67. The van der Waals surface area contributed by atoms with E-state index in [1.807, 2.05) is 20.8 Å². The van der Waals surface area contributed by atoms with Crippen LogP contribution in [-0.2, 0) is 9.84 Å². The molecule has 0 aliphatic rings. The van der Waals surface area contributed by atoms with Crippen LogP contribution in [0, 0.1) is 6.92 Å².